The van der Waals surface area contributed by atoms with Crippen LogP contribution >= 0.6 is 0 Å². The average molecular weight is 388 g/mol. The van der Waals surface area contributed by atoms with Crippen molar-refractivity contribution in [3.63, 3.8) is 0 Å². The van der Waals surface area contributed by atoms with Gasteiger partial charge in [-0.15, -0.1) is 0 Å². The van der Waals surface area contributed by atoms with Crippen molar-refractivity contribution in [1.82, 2.24) is 19.9 Å². The number of aromatic amines is 1. The monoisotopic (exact) mass is 388 g/mol. The molecule has 6 heteroatoms. The van der Waals surface area contributed by atoms with Crippen LogP contribution < -0.4 is 10.1 Å². The molecule has 148 valence electrons. The molecule has 1 atom stereocenters. The number of nitrogens with zero attached hydrogens (tertiary/aromatic N) is 2. The number of hydrogen-bond donors (Lipinski definition) is 2. The summed E-state index contributed by atoms with van der Waals surface area (Å²) in [6, 6.07) is 13.3. The molecule has 1 amide bonds. The number of ether oxygens (including phenoxy) is 1. The number of H-pyrrole nitrogens is 1. The summed E-state index contributed by atoms with van der Waals surface area (Å²) in [7, 11) is 3.53. The zero-order chi connectivity index (χ0) is 20.5. The second kappa shape index (κ2) is 7.47. The van der Waals surface area contributed by atoms with E-state index in [1.807, 2.05) is 55.1 Å². The van der Waals surface area contributed by atoms with Crippen LogP contribution in [0, 0.1) is 13.8 Å². The average Bonchev–Trinajstić information content (AvgIpc) is 3.32. The summed E-state index contributed by atoms with van der Waals surface area (Å²) >= 11 is 0. The number of aryl methyl sites for hydroxylation is 3. The largest absolute Gasteiger partial charge is 0.496 e. The Morgan fingerprint density at radius 3 is 2.72 bits per heavy atom. The number of imidazole rings is 1. The first-order chi connectivity index (χ1) is 14.0. The highest BCUT2D eigenvalue weighted by Crippen LogP contribution is 2.29. The van der Waals surface area contributed by atoms with E-state index in [4.69, 9.17) is 4.74 Å². The van der Waals surface area contributed by atoms with Gasteiger partial charge in [0.1, 0.15) is 23.3 Å². The maximum Gasteiger partial charge on any atom is 0.268 e. The molecule has 0 aliphatic carbocycles. The van der Waals surface area contributed by atoms with E-state index in [1.165, 1.54) is 0 Å². The molecule has 0 spiro atoms. The molecule has 6 nitrogen and oxygen atoms in total. The third kappa shape index (κ3) is 3.49. The molecule has 0 bridgehead atoms. The molecule has 29 heavy (non-hydrogen) atoms. The van der Waals surface area contributed by atoms with Crippen LogP contribution in [0.5, 0.6) is 5.75 Å². The van der Waals surface area contributed by atoms with Gasteiger partial charge in [-0.1, -0.05) is 24.3 Å². The van der Waals surface area contributed by atoms with Crippen molar-refractivity contribution in [2.75, 3.05) is 7.11 Å². The van der Waals surface area contributed by atoms with E-state index in [-0.39, 0.29) is 5.91 Å². The molecule has 0 unspecified atom stereocenters. The van der Waals surface area contributed by atoms with Crippen molar-refractivity contribution in [3.8, 4) is 5.75 Å². The third-order valence-corrected chi connectivity index (χ3v) is 5.18. The van der Waals surface area contributed by atoms with Crippen LogP contribution in [-0.4, -0.2) is 27.6 Å². The lowest BCUT2D eigenvalue weighted by Gasteiger charge is -2.21. The minimum Gasteiger partial charge on any atom is -0.496 e. The number of methoxy groups -OCH3 is 1. The van der Waals surface area contributed by atoms with Gasteiger partial charge in [-0.2, -0.15) is 0 Å². The molecule has 0 aliphatic rings. The molecule has 2 heterocycles. The Balaban J connectivity index is 1.74. The van der Waals surface area contributed by atoms with Crippen molar-refractivity contribution >= 4 is 16.8 Å². The van der Waals surface area contributed by atoms with Gasteiger partial charge < -0.3 is 19.6 Å². The van der Waals surface area contributed by atoms with Gasteiger partial charge in [-0.3, -0.25) is 4.79 Å². The van der Waals surface area contributed by atoms with Crippen LogP contribution in [0.4, 0.5) is 0 Å². The Labute approximate surface area is 169 Å². The van der Waals surface area contributed by atoms with Gasteiger partial charge in [-0.25, -0.2) is 4.98 Å². The Hall–Kier alpha value is -3.54. The summed E-state index contributed by atoms with van der Waals surface area (Å²) in [6.45, 7) is 4.10. The summed E-state index contributed by atoms with van der Waals surface area (Å²) in [5.74, 6) is 1.23. The van der Waals surface area contributed by atoms with E-state index < -0.39 is 6.04 Å². The molecule has 0 aliphatic heterocycles. The molecule has 0 saturated heterocycles. The fraction of sp³-hybridized carbons (Fsp3) is 0.217. The molecule has 0 saturated carbocycles. The van der Waals surface area contributed by atoms with Crippen LogP contribution in [0.25, 0.3) is 10.9 Å². The maximum absolute atomic E-state index is 13.2. The van der Waals surface area contributed by atoms with Crippen molar-refractivity contribution in [1.29, 1.82) is 0 Å². The highest BCUT2D eigenvalue weighted by molar-refractivity contribution is 5.99. The standard InChI is InChI=1S/C23H24N4O2/c1-14-11-15(2)17-13-19(25-18(17)12-14)23(28)26-21(22-24-9-10-27(22)3)16-7-5-6-8-20(16)29-4/h5-13,21,25H,1-4H3,(H,26,28)/t21-/m0/s1. The van der Waals surface area contributed by atoms with Crippen molar-refractivity contribution < 1.29 is 9.53 Å². The van der Waals surface area contributed by atoms with Crippen LogP contribution in [-0.2, 0) is 7.05 Å². The number of amides is 1. The highest BCUT2D eigenvalue weighted by Gasteiger charge is 2.25. The molecule has 2 aromatic carbocycles. The lowest BCUT2D eigenvalue weighted by molar-refractivity contribution is 0.0936. The van der Waals surface area contributed by atoms with Crippen molar-refractivity contribution in [2.45, 2.75) is 19.9 Å². The van der Waals surface area contributed by atoms with Gasteiger partial charge in [-0.05, 0) is 43.2 Å². The summed E-state index contributed by atoms with van der Waals surface area (Å²) in [5, 5.41) is 4.18. The number of carbonyl (C=O) groups is 1. The van der Waals surface area contributed by atoms with Crippen LogP contribution in [0.3, 0.4) is 0 Å². The van der Waals surface area contributed by atoms with Gasteiger partial charge in [0, 0.05) is 35.9 Å². The van der Waals surface area contributed by atoms with Gasteiger partial charge >= 0.3 is 0 Å². The van der Waals surface area contributed by atoms with E-state index in [9.17, 15) is 4.79 Å². The Kier molecular flexibility index (Phi) is 4.84. The number of benzene rings is 2. The molecule has 4 rings (SSSR count). The number of fused-ring (bicyclic) bond motifs is 1. The zero-order valence-corrected chi connectivity index (χ0v) is 17.0. The summed E-state index contributed by atoms with van der Waals surface area (Å²) in [5.41, 5.74) is 4.62. The lowest BCUT2D eigenvalue weighted by Crippen LogP contribution is -2.31. The number of para-hydroxylation sites is 1. The number of carbonyl (C=O) groups excluding carboxylic acids is 1. The predicted octanol–water partition coefficient (Wildman–Crippen LogP) is 4.05. The molecule has 2 N–H and O–H groups in total. The van der Waals surface area contributed by atoms with Crippen LogP contribution in [0.15, 0.2) is 54.9 Å². The summed E-state index contributed by atoms with van der Waals surface area (Å²) in [4.78, 5) is 20.9. The maximum atomic E-state index is 13.2. The van der Waals surface area contributed by atoms with E-state index in [0.717, 1.165) is 33.4 Å². The normalized spacial score (nSPS) is 12.1. The zero-order valence-electron chi connectivity index (χ0n) is 17.0. The van der Waals surface area contributed by atoms with E-state index in [2.05, 4.69) is 34.3 Å². The first kappa shape index (κ1) is 18.8. The quantitative estimate of drug-likeness (QED) is 0.542. The molecular weight excluding hydrogens is 364 g/mol. The van der Waals surface area contributed by atoms with Gasteiger partial charge in [0.2, 0.25) is 0 Å². The van der Waals surface area contributed by atoms with Gasteiger partial charge in [0.25, 0.3) is 5.91 Å². The Bertz CT molecular complexity index is 1190. The smallest absolute Gasteiger partial charge is 0.268 e. The number of nitrogens with one attached hydrogen (secondary N) is 2. The summed E-state index contributed by atoms with van der Waals surface area (Å²) in [6.07, 6.45) is 3.58. The SMILES string of the molecule is COc1ccccc1[C@H](NC(=O)c1cc2c(C)cc(C)cc2[nH]1)c1nccn1C. The minimum atomic E-state index is -0.451. The second-order valence-electron chi connectivity index (χ2n) is 7.27. The Morgan fingerprint density at radius 1 is 1.21 bits per heavy atom. The van der Waals surface area contributed by atoms with Crippen molar-refractivity contribution in [2.24, 2.45) is 7.05 Å². The third-order valence-electron chi connectivity index (χ3n) is 5.18. The van der Waals surface area contributed by atoms with E-state index >= 15 is 0 Å². The topological polar surface area (TPSA) is 71.9 Å². The number of aromatic nitrogens is 3. The molecule has 0 radical (unpaired) electrons. The highest BCUT2D eigenvalue weighted by atomic mass is 16.5. The molecule has 2 aromatic heterocycles. The fourth-order valence-electron chi connectivity index (χ4n) is 3.77. The summed E-state index contributed by atoms with van der Waals surface area (Å²) < 4.78 is 7.43. The molecule has 4 aromatic rings. The second-order valence-corrected chi connectivity index (χ2v) is 7.27. The first-order valence-corrected chi connectivity index (χ1v) is 9.49. The van der Waals surface area contributed by atoms with Gasteiger partial charge in [0.15, 0.2) is 0 Å². The first-order valence-electron chi connectivity index (χ1n) is 9.49. The van der Waals surface area contributed by atoms with Gasteiger partial charge in [0.05, 0.1) is 7.11 Å². The minimum absolute atomic E-state index is 0.197. The lowest BCUT2D eigenvalue weighted by atomic mass is 10.0. The van der Waals surface area contributed by atoms with E-state index in [0.29, 0.717) is 11.4 Å². The predicted molar refractivity (Wildman–Crippen MR) is 113 cm³/mol. The number of hydrogen-bond acceptors (Lipinski definition) is 3. The molecular formula is C23H24N4O2. The van der Waals surface area contributed by atoms with Crippen LogP contribution in [0.1, 0.15) is 39.0 Å². The fourth-order valence-corrected chi connectivity index (χ4v) is 3.77. The molecule has 0 fully saturated rings. The van der Waals surface area contributed by atoms with Crippen LogP contribution in [0.2, 0.25) is 0 Å². The van der Waals surface area contributed by atoms with E-state index in [1.54, 1.807) is 13.3 Å². The Morgan fingerprint density at radius 2 is 2.00 bits per heavy atom. The number of rotatable bonds is 5. The van der Waals surface area contributed by atoms with Crippen molar-refractivity contribution in [3.05, 3.63) is 83.1 Å².